The maximum Gasteiger partial charge on any atom is 0.0754 e. The van der Waals surface area contributed by atoms with Crippen LogP contribution in [0.4, 0.5) is 0 Å². The molecular formula is C16H26O. The zero-order valence-electron chi connectivity index (χ0n) is 11.4. The smallest absolute Gasteiger partial charge is 0.0754 e. The fourth-order valence-electron chi connectivity index (χ4n) is 3.62. The van der Waals surface area contributed by atoms with E-state index in [-0.39, 0.29) is 11.3 Å². The Morgan fingerprint density at radius 2 is 1.88 bits per heavy atom. The Morgan fingerprint density at radius 3 is 2.29 bits per heavy atom. The van der Waals surface area contributed by atoms with Gasteiger partial charge in [0.2, 0.25) is 0 Å². The molecule has 0 saturated carbocycles. The molecule has 96 valence electrons. The fourth-order valence-corrected chi connectivity index (χ4v) is 3.62. The first-order valence-corrected chi connectivity index (χ1v) is 6.49. The lowest BCUT2D eigenvalue weighted by atomic mass is 9.59. The van der Waals surface area contributed by atoms with Crippen molar-refractivity contribution in [2.45, 2.75) is 45.6 Å². The van der Waals surface area contributed by atoms with Crippen molar-refractivity contribution in [3.63, 3.8) is 0 Å². The first-order chi connectivity index (χ1) is 7.87. The summed E-state index contributed by atoms with van der Waals surface area (Å²) in [6.07, 6.45) is 10.4. The Kier molecular flexibility index (Phi) is 4.37. The van der Waals surface area contributed by atoms with E-state index in [9.17, 15) is 5.11 Å². The van der Waals surface area contributed by atoms with Crippen molar-refractivity contribution in [1.29, 1.82) is 0 Å². The molecule has 0 radical (unpaired) electrons. The predicted molar refractivity (Wildman–Crippen MR) is 74.8 cm³/mol. The number of rotatable bonds is 5. The van der Waals surface area contributed by atoms with Crippen molar-refractivity contribution in [3.05, 3.63) is 37.5 Å². The molecule has 1 rings (SSSR count). The van der Waals surface area contributed by atoms with Gasteiger partial charge in [-0.2, -0.15) is 0 Å². The lowest BCUT2D eigenvalue weighted by Gasteiger charge is -2.48. The standard InChI is InChI=1S/C16H26O/c1-6-10-16(17,11-7-2)14-13(3)9-8-12-15(14,4)5/h6-8,12-14,17H,1-2,9-11H2,3-5H3. The Hall–Kier alpha value is -0.820. The van der Waals surface area contributed by atoms with Crippen molar-refractivity contribution >= 4 is 0 Å². The van der Waals surface area contributed by atoms with E-state index in [1.54, 1.807) is 0 Å². The average Bonchev–Trinajstić information content (AvgIpc) is 2.15. The summed E-state index contributed by atoms with van der Waals surface area (Å²) >= 11 is 0. The minimum absolute atomic E-state index is 0.0262. The number of hydrogen-bond donors (Lipinski definition) is 1. The molecule has 0 bridgehead atoms. The van der Waals surface area contributed by atoms with Crippen LogP contribution >= 0.6 is 0 Å². The van der Waals surface area contributed by atoms with Gasteiger partial charge in [-0.1, -0.05) is 45.1 Å². The molecule has 1 heteroatoms. The highest BCUT2D eigenvalue weighted by Gasteiger charge is 2.46. The van der Waals surface area contributed by atoms with E-state index in [2.05, 4.69) is 46.1 Å². The van der Waals surface area contributed by atoms with E-state index in [4.69, 9.17) is 0 Å². The minimum Gasteiger partial charge on any atom is -0.389 e. The van der Waals surface area contributed by atoms with Gasteiger partial charge in [-0.05, 0) is 36.5 Å². The van der Waals surface area contributed by atoms with Gasteiger partial charge in [-0.15, -0.1) is 13.2 Å². The molecule has 0 spiro atoms. The Balaban J connectivity index is 3.10. The fraction of sp³-hybridized carbons (Fsp3) is 0.625. The second-order valence-corrected chi connectivity index (χ2v) is 6.00. The van der Waals surface area contributed by atoms with Crippen molar-refractivity contribution in [2.24, 2.45) is 17.3 Å². The van der Waals surface area contributed by atoms with Gasteiger partial charge in [0.15, 0.2) is 0 Å². The van der Waals surface area contributed by atoms with Crippen LogP contribution in [0.1, 0.15) is 40.0 Å². The summed E-state index contributed by atoms with van der Waals surface area (Å²) < 4.78 is 0. The molecular weight excluding hydrogens is 208 g/mol. The third-order valence-corrected chi connectivity index (χ3v) is 4.00. The highest BCUT2D eigenvalue weighted by Crippen LogP contribution is 2.48. The van der Waals surface area contributed by atoms with Crippen LogP contribution in [0.15, 0.2) is 37.5 Å². The van der Waals surface area contributed by atoms with E-state index in [1.807, 2.05) is 12.2 Å². The quantitative estimate of drug-likeness (QED) is 0.710. The van der Waals surface area contributed by atoms with Crippen molar-refractivity contribution < 1.29 is 5.11 Å². The van der Waals surface area contributed by atoms with Gasteiger partial charge in [-0.25, -0.2) is 0 Å². The minimum atomic E-state index is -0.711. The SMILES string of the molecule is C=CCC(O)(CC=C)C1C(C)CC=CC1(C)C. The molecule has 1 aliphatic carbocycles. The molecule has 2 atom stereocenters. The Bertz CT molecular complexity index is 301. The molecule has 2 unspecified atom stereocenters. The summed E-state index contributed by atoms with van der Waals surface area (Å²) in [7, 11) is 0. The van der Waals surface area contributed by atoms with Crippen LogP contribution in [0, 0.1) is 17.3 Å². The largest absolute Gasteiger partial charge is 0.389 e. The van der Waals surface area contributed by atoms with Gasteiger partial charge in [0.25, 0.3) is 0 Å². The molecule has 1 aliphatic rings. The maximum atomic E-state index is 11.0. The van der Waals surface area contributed by atoms with Crippen LogP contribution in [0.5, 0.6) is 0 Å². The predicted octanol–water partition coefficient (Wildman–Crippen LogP) is 4.11. The highest BCUT2D eigenvalue weighted by atomic mass is 16.3. The van der Waals surface area contributed by atoms with Crippen LogP contribution in [-0.4, -0.2) is 10.7 Å². The van der Waals surface area contributed by atoms with Gasteiger partial charge < -0.3 is 5.11 Å². The summed E-state index contributed by atoms with van der Waals surface area (Å²) in [5, 5.41) is 11.0. The molecule has 0 saturated heterocycles. The van der Waals surface area contributed by atoms with Crippen LogP contribution < -0.4 is 0 Å². The Morgan fingerprint density at radius 1 is 1.35 bits per heavy atom. The maximum absolute atomic E-state index is 11.0. The summed E-state index contributed by atoms with van der Waals surface area (Å²) in [6.45, 7) is 14.2. The molecule has 0 aromatic carbocycles. The normalized spacial score (nSPS) is 27.8. The summed E-state index contributed by atoms with van der Waals surface area (Å²) in [6, 6.07) is 0. The number of hydrogen-bond acceptors (Lipinski definition) is 1. The Labute approximate surface area is 106 Å². The highest BCUT2D eigenvalue weighted by molar-refractivity contribution is 5.12. The molecule has 0 aromatic heterocycles. The van der Waals surface area contributed by atoms with Crippen LogP contribution in [-0.2, 0) is 0 Å². The monoisotopic (exact) mass is 234 g/mol. The molecule has 1 N–H and O–H groups in total. The van der Waals surface area contributed by atoms with Gasteiger partial charge in [0, 0.05) is 0 Å². The molecule has 0 aliphatic heterocycles. The van der Waals surface area contributed by atoms with Crippen molar-refractivity contribution in [3.8, 4) is 0 Å². The molecule has 0 amide bonds. The lowest BCUT2D eigenvalue weighted by Crippen LogP contribution is -2.49. The molecule has 17 heavy (non-hydrogen) atoms. The number of allylic oxidation sites excluding steroid dienone is 2. The van der Waals surface area contributed by atoms with Crippen molar-refractivity contribution in [2.75, 3.05) is 0 Å². The zero-order chi connectivity index (χ0) is 13.1. The third kappa shape index (κ3) is 2.90. The first-order valence-electron chi connectivity index (χ1n) is 6.49. The average molecular weight is 234 g/mol. The zero-order valence-corrected chi connectivity index (χ0v) is 11.4. The van der Waals surface area contributed by atoms with Crippen LogP contribution in [0.25, 0.3) is 0 Å². The molecule has 0 heterocycles. The molecule has 0 fully saturated rings. The lowest BCUT2D eigenvalue weighted by molar-refractivity contribution is -0.0769. The number of aliphatic hydroxyl groups is 1. The second kappa shape index (κ2) is 5.22. The van der Waals surface area contributed by atoms with Gasteiger partial charge >= 0.3 is 0 Å². The third-order valence-electron chi connectivity index (χ3n) is 4.00. The van der Waals surface area contributed by atoms with Crippen LogP contribution in [0.3, 0.4) is 0 Å². The van der Waals surface area contributed by atoms with Gasteiger partial charge in [0.1, 0.15) is 0 Å². The summed E-state index contributed by atoms with van der Waals surface area (Å²) in [5.74, 6) is 0.732. The van der Waals surface area contributed by atoms with Gasteiger partial charge in [-0.3, -0.25) is 0 Å². The van der Waals surface area contributed by atoms with Crippen LogP contribution in [0.2, 0.25) is 0 Å². The summed E-state index contributed by atoms with van der Waals surface area (Å²) in [4.78, 5) is 0. The van der Waals surface area contributed by atoms with Crippen molar-refractivity contribution in [1.82, 2.24) is 0 Å². The first kappa shape index (κ1) is 14.2. The van der Waals surface area contributed by atoms with E-state index in [0.717, 1.165) is 6.42 Å². The van der Waals surface area contributed by atoms with E-state index in [0.29, 0.717) is 18.8 Å². The van der Waals surface area contributed by atoms with E-state index >= 15 is 0 Å². The van der Waals surface area contributed by atoms with E-state index < -0.39 is 5.60 Å². The second-order valence-electron chi connectivity index (χ2n) is 6.00. The molecule has 0 aromatic rings. The summed E-state index contributed by atoms with van der Waals surface area (Å²) in [5.41, 5.74) is -0.685. The van der Waals surface area contributed by atoms with E-state index in [1.165, 1.54) is 0 Å². The molecule has 1 nitrogen and oxygen atoms in total. The van der Waals surface area contributed by atoms with Gasteiger partial charge in [0.05, 0.1) is 5.60 Å². The topological polar surface area (TPSA) is 20.2 Å².